The van der Waals surface area contributed by atoms with Gasteiger partial charge in [0.05, 0.1) is 17.7 Å². The van der Waals surface area contributed by atoms with Gasteiger partial charge in [0, 0.05) is 26.2 Å². The molecule has 0 fully saturated rings. The molecule has 0 radical (unpaired) electrons. The Morgan fingerprint density at radius 1 is 1.58 bits per heavy atom. The molecule has 1 aromatic rings. The third kappa shape index (κ3) is 1.13. The molecule has 0 saturated carbocycles. The first-order valence-electron chi connectivity index (χ1n) is 4.22. The van der Waals surface area contributed by atoms with Gasteiger partial charge in [0.1, 0.15) is 0 Å². The van der Waals surface area contributed by atoms with E-state index in [1.54, 1.807) is 0 Å². The molecule has 0 amide bonds. The first kappa shape index (κ1) is 7.76. The van der Waals surface area contributed by atoms with E-state index in [0.717, 1.165) is 25.3 Å². The summed E-state index contributed by atoms with van der Waals surface area (Å²) in [7, 11) is 2.12. The van der Waals surface area contributed by atoms with E-state index in [2.05, 4.69) is 21.5 Å². The minimum absolute atomic E-state index is 0.552. The molecule has 4 nitrogen and oxygen atoms in total. The van der Waals surface area contributed by atoms with Crippen molar-refractivity contribution in [1.29, 1.82) is 0 Å². The van der Waals surface area contributed by atoms with Crippen molar-refractivity contribution in [2.24, 2.45) is 5.73 Å². The smallest absolute Gasteiger partial charge is 0.0953 e. The zero-order chi connectivity index (χ0) is 8.55. The average Bonchev–Trinajstić information content (AvgIpc) is 2.46. The van der Waals surface area contributed by atoms with Crippen LogP contribution in [0.4, 0.5) is 0 Å². The molecule has 1 aliphatic heterocycles. The Hall–Kier alpha value is -0.870. The highest BCUT2D eigenvalue weighted by atomic mass is 15.2. The van der Waals surface area contributed by atoms with Crippen LogP contribution in [0.3, 0.4) is 0 Å². The van der Waals surface area contributed by atoms with Crippen molar-refractivity contribution in [3.05, 3.63) is 17.7 Å². The summed E-state index contributed by atoms with van der Waals surface area (Å²) in [6.45, 7) is 3.68. The molecule has 2 rings (SSSR count). The highest BCUT2D eigenvalue weighted by Crippen LogP contribution is 2.13. The minimum Gasteiger partial charge on any atom is -0.332 e. The zero-order valence-electron chi connectivity index (χ0n) is 7.32. The molecular weight excluding hydrogens is 152 g/mol. The van der Waals surface area contributed by atoms with E-state index < -0.39 is 0 Å². The van der Waals surface area contributed by atoms with Crippen molar-refractivity contribution in [3.8, 4) is 0 Å². The van der Waals surface area contributed by atoms with Crippen LogP contribution in [0.1, 0.15) is 11.4 Å². The van der Waals surface area contributed by atoms with Crippen LogP contribution in [0.2, 0.25) is 0 Å². The number of rotatable bonds is 1. The first-order valence-corrected chi connectivity index (χ1v) is 4.22. The van der Waals surface area contributed by atoms with Crippen molar-refractivity contribution in [1.82, 2.24) is 14.5 Å². The van der Waals surface area contributed by atoms with E-state index in [4.69, 9.17) is 5.73 Å². The Labute approximate surface area is 72.0 Å². The van der Waals surface area contributed by atoms with Crippen LogP contribution in [-0.4, -0.2) is 28.0 Å². The third-order valence-electron chi connectivity index (χ3n) is 2.37. The number of aromatic nitrogens is 2. The number of likely N-dealkylation sites (N-methyl/N-ethyl adjacent to an activating group) is 1. The fourth-order valence-electron chi connectivity index (χ4n) is 1.61. The summed E-state index contributed by atoms with van der Waals surface area (Å²) in [6.07, 6.45) is 1.89. The summed E-state index contributed by atoms with van der Waals surface area (Å²) >= 11 is 0. The lowest BCUT2D eigenvalue weighted by molar-refractivity contribution is 0.268. The van der Waals surface area contributed by atoms with Gasteiger partial charge in [-0.3, -0.25) is 4.90 Å². The van der Waals surface area contributed by atoms with Crippen molar-refractivity contribution in [2.45, 2.75) is 19.6 Å². The topological polar surface area (TPSA) is 47.1 Å². The monoisotopic (exact) mass is 166 g/mol. The molecule has 4 heteroatoms. The number of imidazole rings is 1. The maximum atomic E-state index is 5.57. The first-order chi connectivity index (χ1) is 5.81. The van der Waals surface area contributed by atoms with Crippen LogP contribution in [-0.2, 0) is 19.6 Å². The molecule has 0 atom stereocenters. The van der Waals surface area contributed by atoms with Crippen LogP contribution in [0, 0.1) is 0 Å². The van der Waals surface area contributed by atoms with Gasteiger partial charge in [-0.05, 0) is 7.05 Å². The Bertz CT molecular complexity index is 265. The van der Waals surface area contributed by atoms with Gasteiger partial charge in [-0.15, -0.1) is 0 Å². The number of hydrogen-bond acceptors (Lipinski definition) is 3. The van der Waals surface area contributed by atoms with E-state index in [9.17, 15) is 0 Å². The van der Waals surface area contributed by atoms with Gasteiger partial charge >= 0.3 is 0 Å². The summed E-state index contributed by atoms with van der Waals surface area (Å²) in [6, 6.07) is 0. The van der Waals surface area contributed by atoms with Crippen LogP contribution in [0.15, 0.2) is 6.33 Å². The van der Waals surface area contributed by atoms with Crippen molar-refractivity contribution >= 4 is 0 Å². The highest BCUT2D eigenvalue weighted by molar-refractivity contribution is 5.14. The fraction of sp³-hybridized carbons (Fsp3) is 0.625. The highest BCUT2D eigenvalue weighted by Gasteiger charge is 2.16. The van der Waals surface area contributed by atoms with Crippen LogP contribution < -0.4 is 5.73 Å². The normalized spacial score (nSPS) is 17.8. The molecule has 0 aliphatic carbocycles. The predicted molar refractivity (Wildman–Crippen MR) is 46.5 cm³/mol. The quantitative estimate of drug-likeness (QED) is 0.628. The molecule has 66 valence electrons. The number of nitrogens with zero attached hydrogens (tertiary/aromatic N) is 3. The van der Waals surface area contributed by atoms with E-state index in [1.165, 1.54) is 5.69 Å². The molecule has 0 bridgehead atoms. The minimum atomic E-state index is 0.552. The largest absolute Gasteiger partial charge is 0.332 e. The molecule has 0 unspecified atom stereocenters. The van der Waals surface area contributed by atoms with Crippen molar-refractivity contribution in [3.63, 3.8) is 0 Å². The maximum absolute atomic E-state index is 5.57. The third-order valence-corrected chi connectivity index (χ3v) is 2.37. The van der Waals surface area contributed by atoms with Crippen molar-refractivity contribution in [2.75, 3.05) is 13.6 Å². The van der Waals surface area contributed by atoms with Gasteiger partial charge in [-0.1, -0.05) is 0 Å². The maximum Gasteiger partial charge on any atom is 0.0953 e. The second-order valence-electron chi connectivity index (χ2n) is 3.27. The number of hydrogen-bond donors (Lipinski definition) is 1. The number of nitrogens with two attached hydrogens (primary N) is 1. The summed E-state index contributed by atoms with van der Waals surface area (Å²) in [5.41, 5.74) is 7.90. The van der Waals surface area contributed by atoms with Crippen LogP contribution in [0.25, 0.3) is 0 Å². The molecule has 2 heterocycles. The lowest BCUT2D eigenvalue weighted by atomic mass is 10.2. The standard InChI is InChI=1S/C8H14N4/c1-11-2-3-12-6-10-7(4-9)8(12)5-11/h6H,2-5,9H2,1H3. The van der Waals surface area contributed by atoms with E-state index >= 15 is 0 Å². The van der Waals surface area contributed by atoms with Gasteiger partial charge in [-0.2, -0.15) is 0 Å². The average molecular weight is 166 g/mol. The Kier molecular flexibility index (Phi) is 1.86. The molecule has 1 aromatic heterocycles. The number of fused-ring (bicyclic) bond motifs is 1. The van der Waals surface area contributed by atoms with Gasteiger partial charge in [-0.25, -0.2) is 4.98 Å². The molecule has 0 spiro atoms. The van der Waals surface area contributed by atoms with Gasteiger partial charge < -0.3 is 10.3 Å². The Balaban J connectivity index is 2.34. The molecule has 0 aromatic carbocycles. The summed E-state index contributed by atoms with van der Waals surface area (Å²) in [4.78, 5) is 6.55. The lowest BCUT2D eigenvalue weighted by Gasteiger charge is -2.24. The Morgan fingerprint density at radius 2 is 2.42 bits per heavy atom. The van der Waals surface area contributed by atoms with Crippen LogP contribution >= 0.6 is 0 Å². The molecule has 0 saturated heterocycles. The van der Waals surface area contributed by atoms with Crippen molar-refractivity contribution < 1.29 is 0 Å². The SMILES string of the molecule is CN1CCn2cnc(CN)c2C1. The van der Waals surface area contributed by atoms with Gasteiger partial charge in [0.15, 0.2) is 0 Å². The van der Waals surface area contributed by atoms with Gasteiger partial charge in [0.25, 0.3) is 0 Å². The predicted octanol–water partition coefficient (Wildman–Crippen LogP) is -0.213. The molecule has 12 heavy (non-hydrogen) atoms. The van der Waals surface area contributed by atoms with E-state index in [0.29, 0.717) is 6.54 Å². The van der Waals surface area contributed by atoms with E-state index in [1.807, 2.05) is 6.33 Å². The van der Waals surface area contributed by atoms with Gasteiger partial charge in [0.2, 0.25) is 0 Å². The Morgan fingerprint density at radius 3 is 3.17 bits per heavy atom. The summed E-state index contributed by atoms with van der Waals surface area (Å²) in [5.74, 6) is 0. The summed E-state index contributed by atoms with van der Waals surface area (Å²) < 4.78 is 2.20. The van der Waals surface area contributed by atoms with Crippen LogP contribution in [0.5, 0.6) is 0 Å². The zero-order valence-corrected chi connectivity index (χ0v) is 7.32. The molecule has 1 aliphatic rings. The van der Waals surface area contributed by atoms with E-state index in [-0.39, 0.29) is 0 Å². The second kappa shape index (κ2) is 2.88. The second-order valence-corrected chi connectivity index (χ2v) is 3.27. The fourth-order valence-corrected chi connectivity index (χ4v) is 1.61. The lowest BCUT2D eigenvalue weighted by Crippen LogP contribution is -2.30. The molecule has 2 N–H and O–H groups in total. The summed E-state index contributed by atoms with van der Waals surface area (Å²) in [5, 5.41) is 0. The molecular formula is C8H14N4.